The van der Waals surface area contributed by atoms with E-state index in [0.29, 0.717) is 5.00 Å². The zero-order valence-corrected chi connectivity index (χ0v) is 11.7. The highest BCUT2D eigenvalue weighted by atomic mass is 32.1. The fourth-order valence-electron chi connectivity index (χ4n) is 1.59. The molecule has 110 valence electrons. The molecule has 1 amide bonds. The van der Waals surface area contributed by atoms with E-state index in [2.05, 4.69) is 5.32 Å². The van der Waals surface area contributed by atoms with Gasteiger partial charge in [0.15, 0.2) is 0 Å². The predicted molar refractivity (Wildman–Crippen MR) is 75.9 cm³/mol. The highest BCUT2D eigenvalue weighted by molar-refractivity contribution is 7.18. The molecule has 2 aromatic rings. The molecule has 2 N–H and O–H groups in total. The van der Waals surface area contributed by atoms with Crippen molar-refractivity contribution in [2.75, 3.05) is 5.32 Å². The van der Waals surface area contributed by atoms with Crippen molar-refractivity contribution < 1.29 is 14.7 Å². The minimum absolute atomic E-state index is 0.101. The van der Waals surface area contributed by atoms with Crippen LogP contribution in [-0.2, 0) is 18.4 Å². The van der Waals surface area contributed by atoms with E-state index < -0.39 is 23.1 Å². The van der Waals surface area contributed by atoms with Gasteiger partial charge in [0.05, 0.1) is 5.00 Å². The summed E-state index contributed by atoms with van der Waals surface area (Å²) in [5.74, 6) is -1.57. The first-order valence-electron chi connectivity index (χ1n) is 5.78. The molecule has 2 rings (SSSR count). The van der Waals surface area contributed by atoms with Crippen molar-refractivity contribution in [2.45, 2.75) is 6.54 Å². The SMILES string of the molecule is Cn1c(=O)ccn(CC(=O)Nc2ccc(C(=O)O)s2)c1=O. The fraction of sp³-hybridized carbons (Fsp3) is 0.167. The number of nitrogens with zero attached hydrogens (tertiary/aromatic N) is 2. The molecule has 0 bridgehead atoms. The maximum absolute atomic E-state index is 11.8. The lowest BCUT2D eigenvalue weighted by Crippen LogP contribution is -2.38. The molecule has 0 unspecified atom stereocenters. The van der Waals surface area contributed by atoms with Crippen LogP contribution in [0.2, 0.25) is 0 Å². The van der Waals surface area contributed by atoms with Gasteiger partial charge in [0, 0.05) is 19.3 Å². The molecule has 0 fully saturated rings. The fourth-order valence-corrected chi connectivity index (χ4v) is 2.35. The van der Waals surface area contributed by atoms with Gasteiger partial charge in [-0.25, -0.2) is 9.59 Å². The third kappa shape index (κ3) is 3.26. The number of carbonyl (C=O) groups excluding carboxylic acids is 1. The van der Waals surface area contributed by atoms with Gasteiger partial charge >= 0.3 is 11.7 Å². The van der Waals surface area contributed by atoms with Crippen molar-refractivity contribution in [3.8, 4) is 0 Å². The summed E-state index contributed by atoms with van der Waals surface area (Å²) < 4.78 is 1.98. The molecular weight excluding hydrogens is 298 g/mol. The first-order valence-corrected chi connectivity index (χ1v) is 6.59. The second-order valence-electron chi connectivity index (χ2n) is 4.14. The number of carboxylic acids is 1. The van der Waals surface area contributed by atoms with Crippen LogP contribution in [0.15, 0.2) is 34.0 Å². The van der Waals surface area contributed by atoms with Crippen molar-refractivity contribution in [1.29, 1.82) is 0 Å². The normalized spacial score (nSPS) is 10.3. The van der Waals surface area contributed by atoms with Crippen molar-refractivity contribution in [3.05, 3.63) is 50.1 Å². The van der Waals surface area contributed by atoms with E-state index >= 15 is 0 Å². The van der Waals surface area contributed by atoms with Crippen LogP contribution >= 0.6 is 11.3 Å². The minimum atomic E-state index is -1.07. The third-order valence-electron chi connectivity index (χ3n) is 2.65. The van der Waals surface area contributed by atoms with Gasteiger partial charge in [-0.3, -0.25) is 18.7 Å². The number of hydrogen-bond acceptors (Lipinski definition) is 5. The van der Waals surface area contributed by atoms with Crippen molar-refractivity contribution in [1.82, 2.24) is 9.13 Å². The molecule has 0 aromatic carbocycles. The number of thiophene rings is 1. The number of aromatic carboxylic acids is 1. The van der Waals surface area contributed by atoms with Gasteiger partial charge in [-0.2, -0.15) is 0 Å². The van der Waals surface area contributed by atoms with Gasteiger partial charge in [0.1, 0.15) is 11.4 Å². The molecule has 0 spiro atoms. The zero-order valence-electron chi connectivity index (χ0n) is 10.9. The Morgan fingerprint density at radius 2 is 2.00 bits per heavy atom. The molecule has 0 saturated heterocycles. The summed E-state index contributed by atoms with van der Waals surface area (Å²) >= 11 is 0.916. The monoisotopic (exact) mass is 309 g/mol. The van der Waals surface area contributed by atoms with E-state index in [1.54, 1.807) is 0 Å². The second-order valence-corrected chi connectivity index (χ2v) is 5.22. The van der Waals surface area contributed by atoms with Crippen LogP contribution in [0, 0.1) is 0 Å². The Morgan fingerprint density at radius 3 is 2.62 bits per heavy atom. The Hall–Kier alpha value is -2.68. The molecule has 0 saturated carbocycles. The minimum Gasteiger partial charge on any atom is -0.477 e. The van der Waals surface area contributed by atoms with E-state index in [1.165, 1.54) is 31.4 Å². The topological polar surface area (TPSA) is 110 Å². The van der Waals surface area contributed by atoms with E-state index in [4.69, 9.17) is 5.11 Å². The first-order chi connectivity index (χ1) is 9.88. The highest BCUT2D eigenvalue weighted by Crippen LogP contribution is 2.21. The summed E-state index contributed by atoms with van der Waals surface area (Å²) in [6.07, 6.45) is 1.24. The van der Waals surface area contributed by atoms with Gasteiger partial charge in [0.2, 0.25) is 5.91 Å². The van der Waals surface area contributed by atoms with Crippen LogP contribution < -0.4 is 16.6 Å². The molecule has 0 atom stereocenters. The van der Waals surface area contributed by atoms with Gasteiger partial charge in [-0.1, -0.05) is 0 Å². The molecule has 9 heteroatoms. The summed E-state index contributed by atoms with van der Waals surface area (Å²) in [7, 11) is 1.32. The number of hydrogen-bond donors (Lipinski definition) is 2. The maximum atomic E-state index is 11.8. The zero-order chi connectivity index (χ0) is 15.6. The summed E-state index contributed by atoms with van der Waals surface area (Å²) in [5.41, 5.74) is -1.06. The van der Waals surface area contributed by atoms with Gasteiger partial charge in [-0.05, 0) is 12.1 Å². The summed E-state index contributed by atoms with van der Waals surface area (Å²) in [5, 5.41) is 11.6. The van der Waals surface area contributed by atoms with Crippen LogP contribution in [0.25, 0.3) is 0 Å². The van der Waals surface area contributed by atoms with Crippen LogP contribution in [0.4, 0.5) is 5.00 Å². The standard InChI is InChI=1S/C12H11N3O5S/c1-14-10(17)4-5-15(12(14)20)6-8(16)13-9-3-2-7(21-9)11(18)19/h2-5H,6H2,1H3,(H,13,16)(H,18,19). The van der Waals surface area contributed by atoms with Crippen molar-refractivity contribution in [2.24, 2.45) is 7.05 Å². The van der Waals surface area contributed by atoms with E-state index in [-0.39, 0.29) is 11.4 Å². The highest BCUT2D eigenvalue weighted by Gasteiger charge is 2.11. The number of carboxylic acid groups (broad SMARTS) is 1. The average molecular weight is 309 g/mol. The number of carbonyl (C=O) groups is 2. The number of rotatable bonds is 4. The van der Waals surface area contributed by atoms with Crippen LogP contribution in [-0.4, -0.2) is 26.1 Å². The van der Waals surface area contributed by atoms with Gasteiger partial charge in [0.25, 0.3) is 5.56 Å². The summed E-state index contributed by atoms with van der Waals surface area (Å²) in [4.78, 5) is 45.6. The van der Waals surface area contributed by atoms with E-state index in [1.807, 2.05) is 0 Å². The second kappa shape index (κ2) is 5.75. The molecule has 2 aromatic heterocycles. The number of amides is 1. The van der Waals surface area contributed by atoms with Crippen LogP contribution in [0.5, 0.6) is 0 Å². The van der Waals surface area contributed by atoms with Crippen LogP contribution in [0.1, 0.15) is 9.67 Å². The largest absolute Gasteiger partial charge is 0.477 e. The first kappa shape index (κ1) is 14.7. The van der Waals surface area contributed by atoms with Crippen molar-refractivity contribution in [3.63, 3.8) is 0 Å². The molecule has 21 heavy (non-hydrogen) atoms. The van der Waals surface area contributed by atoms with Gasteiger partial charge in [-0.15, -0.1) is 11.3 Å². The van der Waals surface area contributed by atoms with Crippen LogP contribution in [0.3, 0.4) is 0 Å². The smallest absolute Gasteiger partial charge is 0.345 e. The predicted octanol–water partition coefficient (Wildman–Crippen LogP) is -0.0546. The number of anilines is 1. The van der Waals surface area contributed by atoms with E-state index in [0.717, 1.165) is 20.5 Å². The Kier molecular flexibility index (Phi) is 4.03. The van der Waals surface area contributed by atoms with Gasteiger partial charge < -0.3 is 10.4 Å². The molecule has 0 aliphatic heterocycles. The molecule has 2 heterocycles. The summed E-state index contributed by atoms with van der Waals surface area (Å²) in [6, 6.07) is 4.03. The average Bonchev–Trinajstić information content (AvgIpc) is 2.88. The molecule has 0 aliphatic rings. The third-order valence-corrected chi connectivity index (χ3v) is 3.64. The quantitative estimate of drug-likeness (QED) is 0.822. The molecule has 8 nitrogen and oxygen atoms in total. The Balaban J connectivity index is 2.11. The number of nitrogens with one attached hydrogen (secondary N) is 1. The Labute approximate surface area is 121 Å². The molecule has 0 aliphatic carbocycles. The maximum Gasteiger partial charge on any atom is 0.345 e. The Bertz CT molecular complexity index is 817. The van der Waals surface area contributed by atoms with Crippen molar-refractivity contribution >= 4 is 28.2 Å². The van der Waals surface area contributed by atoms with E-state index in [9.17, 15) is 19.2 Å². The molecule has 0 radical (unpaired) electrons. The lowest BCUT2D eigenvalue weighted by molar-refractivity contribution is -0.116. The number of aromatic nitrogens is 2. The Morgan fingerprint density at radius 1 is 1.29 bits per heavy atom. The summed E-state index contributed by atoms with van der Waals surface area (Å²) in [6.45, 7) is -0.271. The lowest BCUT2D eigenvalue weighted by Gasteiger charge is -2.06. The lowest BCUT2D eigenvalue weighted by atomic mass is 10.4. The molecular formula is C12H11N3O5S.